The summed E-state index contributed by atoms with van der Waals surface area (Å²) in [4.78, 5) is 0. The van der Waals surface area contributed by atoms with E-state index >= 15 is 0 Å². The van der Waals surface area contributed by atoms with E-state index in [0.29, 0.717) is 0 Å². The van der Waals surface area contributed by atoms with Crippen molar-refractivity contribution < 1.29 is 0 Å². The fraction of sp³-hybridized carbons (Fsp3) is 0. The maximum absolute atomic E-state index is 0. The van der Waals surface area contributed by atoms with Crippen molar-refractivity contribution in [1.82, 2.24) is 0 Å². The topological polar surface area (TPSA) is 0 Å². The van der Waals surface area contributed by atoms with Crippen LogP contribution in [0.1, 0.15) is 0 Å². The summed E-state index contributed by atoms with van der Waals surface area (Å²) in [6.07, 6.45) is 0. The second kappa shape index (κ2) is 16.6. The van der Waals surface area contributed by atoms with Crippen LogP contribution in [0.25, 0.3) is 0 Å². The summed E-state index contributed by atoms with van der Waals surface area (Å²) < 4.78 is 0. The molecule has 0 aliphatic carbocycles. The molecule has 0 nitrogen and oxygen atoms in total. The molecular weight excluding hydrogens is 437 g/mol. The molecule has 0 N–H and O–H groups in total. The summed E-state index contributed by atoms with van der Waals surface area (Å²) in [6, 6.07) is 0. The van der Waals surface area contributed by atoms with Crippen LogP contribution in [-0.2, 0) is 0 Å². The van der Waals surface area contributed by atoms with Gasteiger partial charge in [0.1, 0.15) is 0 Å². The van der Waals surface area contributed by atoms with E-state index in [1.54, 1.807) is 0 Å². The molecule has 0 atom stereocenters. The Morgan fingerprint density at radius 3 is 1.00 bits per heavy atom. The van der Waals surface area contributed by atoms with Crippen molar-refractivity contribution in [3.05, 3.63) is 0 Å². The third-order valence-corrected chi connectivity index (χ3v) is 0. The molecule has 0 aromatic rings. The van der Waals surface area contributed by atoms with Gasteiger partial charge >= 0.3 is 0 Å². The van der Waals surface area contributed by atoms with Gasteiger partial charge in [0.25, 0.3) is 0 Å². The Hall–Kier alpha value is 3.02. The van der Waals surface area contributed by atoms with Gasteiger partial charge in [-0.3, -0.25) is 0 Å². The van der Waals surface area contributed by atoms with Crippen LogP contribution in [0.4, 0.5) is 0 Å². The molecule has 0 fully saturated rings. The first kappa shape index (κ1) is 27.9. The number of hydrogen-bond acceptors (Lipinski definition) is 0. The third-order valence-electron chi connectivity index (χ3n) is 0. The molecular formula is GeInSbTe. The van der Waals surface area contributed by atoms with Crippen molar-refractivity contribution in [3.63, 3.8) is 0 Å². The maximum Gasteiger partial charge on any atom is 0 e. The van der Waals surface area contributed by atoms with Crippen molar-refractivity contribution in [3.8, 4) is 0 Å². The van der Waals surface area contributed by atoms with E-state index in [1.807, 2.05) is 0 Å². The second-order valence-corrected chi connectivity index (χ2v) is 0. The van der Waals surface area contributed by atoms with Crippen LogP contribution in [0.15, 0.2) is 0 Å². The first-order chi connectivity index (χ1) is 0. The van der Waals surface area contributed by atoms with Gasteiger partial charge in [0.2, 0.25) is 0 Å². The van der Waals surface area contributed by atoms with Crippen LogP contribution < -0.4 is 0 Å². The van der Waals surface area contributed by atoms with Gasteiger partial charge in [0, 0.05) is 91.5 Å². The van der Waals surface area contributed by atoms with Gasteiger partial charge in [-0.15, -0.1) is 0 Å². The van der Waals surface area contributed by atoms with Gasteiger partial charge < -0.3 is 0 Å². The minimum Gasteiger partial charge on any atom is 0 e. The van der Waals surface area contributed by atoms with Gasteiger partial charge in [-0.25, -0.2) is 0 Å². The monoisotopic (exact) mass is 440 g/mol. The van der Waals surface area contributed by atoms with Gasteiger partial charge in [0.05, 0.1) is 0 Å². The average molecular weight is 437 g/mol. The van der Waals surface area contributed by atoms with Gasteiger partial charge in [-0.05, 0) is 0 Å². The Balaban J connectivity index is 0. The molecule has 0 aromatic carbocycles. The molecule has 0 amide bonds. The molecule has 0 aliphatic rings. The normalized spacial score (nSPS) is 0. The van der Waals surface area contributed by atoms with E-state index < -0.39 is 0 Å². The molecule has 0 aliphatic heterocycles. The van der Waals surface area contributed by atoms with E-state index in [1.165, 1.54) is 0 Å². The van der Waals surface area contributed by atoms with E-state index in [0.717, 1.165) is 0 Å². The molecule has 0 bridgehead atoms. The first-order valence-corrected chi connectivity index (χ1v) is 0. The Morgan fingerprint density at radius 1 is 1.00 bits per heavy atom. The minimum absolute atomic E-state index is 0. The molecule has 4 heavy (non-hydrogen) atoms. The molecule has 4 heteroatoms. The van der Waals surface area contributed by atoms with E-state index in [4.69, 9.17) is 0 Å². The second-order valence-electron chi connectivity index (χ2n) is 0. The zero-order valence-corrected chi connectivity index (χ0v) is 12.2. The van der Waals surface area contributed by atoms with Gasteiger partial charge in [-0.1, -0.05) is 0 Å². The number of rotatable bonds is 0. The summed E-state index contributed by atoms with van der Waals surface area (Å²) in [6.45, 7) is 0. The largest absolute Gasteiger partial charge is 0 e. The minimum atomic E-state index is 0. The fourth-order valence-corrected chi connectivity index (χ4v) is 0. The molecule has 0 rings (SSSR count). The Morgan fingerprint density at radius 2 is 1.00 bits per heavy atom. The fourth-order valence-electron chi connectivity index (χ4n) is 0. The molecule has 18 valence electrons. The Bertz CT molecular complexity index is 8.00. The summed E-state index contributed by atoms with van der Waals surface area (Å²) in [5.41, 5.74) is 0. The predicted molar refractivity (Wildman–Crippen MR) is 23.0 cm³/mol. The molecule has 0 aromatic heterocycles. The SMILES string of the molecule is [Ge].[In].[Sb].[Te]. The van der Waals surface area contributed by atoms with Gasteiger partial charge in [0.15, 0.2) is 0 Å². The molecule has 12 radical (unpaired) electrons. The van der Waals surface area contributed by atoms with Crippen LogP contribution in [0.5, 0.6) is 0 Å². The van der Waals surface area contributed by atoms with Crippen LogP contribution >= 0.6 is 0 Å². The predicted octanol–water partition coefficient (Wildman–Crippen LogP) is -1.52. The van der Waals surface area contributed by atoms with Crippen LogP contribution in [-0.4, -0.2) is 91.5 Å². The number of hydrogen-bond donors (Lipinski definition) is 0. The first-order valence-electron chi connectivity index (χ1n) is 0. The zero-order valence-electron chi connectivity index (χ0n) is 1.93. The van der Waals surface area contributed by atoms with Crippen molar-refractivity contribution in [2.45, 2.75) is 0 Å². The zero-order chi connectivity index (χ0) is 0. The summed E-state index contributed by atoms with van der Waals surface area (Å²) in [5.74, 6) is 0. The average Bonchev–Trinajstić information content (AvgIpc) is 0. The standard InChI is InChI=1S/Ge.In.Sb.Te. The van der Waals surface area contributed by atoms with Crippen molar-refractivity contribution in [2.24, 2.45) is 0 Å². The van der Waals surface area contributed by atoms with E-state index in [-0.39, 0.29) is 91.5 Å². The Labute approximate surface area is 89.8 Å². The van der Waals surface area contributed by atoms with E-state index in [9.17, 15) is 0 Å². The summed E-state index contributed by atoms with van der Waals surface area (Å²) in [7, 11) is 0. The third kappa shape index (κ3) is 8.90. The smallest absolute Gasteiger partial charge is 0 e. The summed E-state index contributed by atoms with van der Waals surface area (Å²) >= 11 is 0. The van der Waals surface area contributed by atoms with Gasteiger partial charge in [-0.2, -0.15) is 0 Å². The van der Waals surface area contributed by atoms with Crippen LogP contribution in [0.3, 0.4) is 0 Å². The molecule has 0 heterocycles. The van der Waals surface area contributed by atoms with Crippen molar-refractivity contribution >= 4 is 91.5 Å². The van der Waals surface area contributed by atoms with Crippen LogP contribution in [0, 0.1) is 0 Å². The molecule has 0 spiro atoms. The van der Waals surface area contributed by atoms with Crippen LogP contribution in [0.2, 0.25) is 0 Å². The summed E-state index contributed by atoms with van der Waals surface area (Å²) in [5, 5.41) is 0. The molecule has 0 saturated carbocycles. The molecule has 0 unspecified atom stereocenters. The quantitative estimate of drug-likeness (QED) is 0.405. The Kier molecular flexibility index (Phi) is 116. The van der Waals surface area contributed by atoms with Crippen molar-refractivity contribution in [2.75, 3.05) is 0 Å². The van der Waals surface area contributed by atoms with Crippen molar-refractivity contribution in [1.29, 1.82) is 0 Å². The maximum atomic E-state index is 0. The van der Waals surface area contributed by atoms with E-state index in [2.05, 4.69) is 0 Å². The molecule has 0 saturated heterocycles.